The fraction of sp³-hybridized carbons (Fsp3) is 0.500. The number of anilines is 1. The maximum atomic E-state index is 12.0. The van der Waals surface area contributed by atoms with Gasteiger partial charge >= 0.3 is 0 Å². The fourth-order valence-electron chi connectivity index (χ4n) is 1.62. The van der Waals surface area contributed by atoms with Crippen LogP contribution < -0.4 is 15.4 Å². The molecule has 0 bridgehead atoms. The summed E-state index contributed by atoms with van der Waals surface area (Å²) < 4.78 is 26.3. The van der Waals surface area contributed by atoms with Gasteiger partial charge in [-0.1, -0.05) is 11.6 Å². The van der Waals surface area contributed by atoms with Crippen molar-refractivity contribution in [3.05, 3.63) is 17.3 Å². The van der Waals surface area contributed by atoms with Crippen LogP contribution in [0.25, 0.3) is 0 Å². The topological polar surface area (TPSA) is 100 Å². The molecule has 7 nitrogen and oxygen atoms in total. The molecule has 0 radical (unpaired) electrons. The predicted molar refractivity (Wildman–Crippen MR) is 79.8 cm³/mol. The Bertz CT molecular complexity index is 631. The lowest BCUT2D eigenvalue weighted by Crippen LogP contribution is -2.37. The smallest absolute Gasteiger partial charge is 0.242 e. The minimum Gasteiger partial charge on any atom is -0.369 e. The number of nitrogens with one attached hydrogen (secondary N) is 3. The van der Waals surface area contributed by atoms with Crippen LogP contribution in [0.4, 0.5) is 5.82 Å². The largest absolute Gasteiger partial charge is 0.369 e. The van der Waals surface area contributed by atoms with E-state index in [-0.39, 0.29) is 28.4 Å². The van der Waals surface area contributed by atoms with Crippen molar-refractivity contribution in [2.75, 3.05) is 18.4 Å². The normalized spacial score (nSPS) is 14.8. The summed E-state index contributed by atoms with van der Waals surface area (Å²) >= 11 is 5.96. The lowest BCUT2D eigenvalue weighted by molar-refractivity contribution is -0.120. The molecule has 0 atom stereocenters. The molecule has 0 aliphatic heterocycles. The Kier molecular flexibility index (Phi) is 5.02. The van der Waals surface area contributed by atoms with Crippen LogP contribution in [0.2, 0.25) is 5.02 Å². The van der Waals surface area contributed by atoms with Gasteiger partial charge < -0.3 is 10.6 Å². The average Bonchev–Trinajstić information content (AvgIpc) is 3.23. The van der Waals surface area contributed by atoms with Crippen LogP contribution in [0.5, 0.6) is 0 Å². The standard InChI is InChI=1S/C12H17ClN4O3S/c1-2-14-12-10(13)5-9(6-15-12)21(19,20)16-7-11(18)17-8-3-4-8/h5-6,8,16H,2-4,7H2,1H3,(H,14,15)(H,17,18). The van der Waals surface area contributed by atoms with E-state index in [1.54, 1.807) is 0 Å². The van der Waals surface area contributed by atoms with Crippen LogP contribution in [-0.4, -0.2) is 38.4 Å². The SMILES string of the molecule is CCNc1ncc(S(=O)(=O)NCC(=O)NC2CC2)cc1Cl. The molecular weight excluding hydrogens is 316 g/mol. The van der Waals surface area contributed by atoms with Gasteiger partial charge in [0, 0.05) is 18.8 Å². The first-order valence-electron chi connectivity index (χ1n) is 6.61. The van der Waals surface area contributed by atoms with Crippen molar-refractivity contribution in [1.82, 2.24) is 15.0 Å². The molecule has 3 N–H and O–H groups in total. The van der Waals surface area contributed by atoms with E-state index in [0.717, 1.165) is 12.8 Å². The molecule has 0 saturated heterocycles. The molecule has 1 aliphatic rings. The maximum Gasteiger partial charge on any atom is 0.242 e. The summed E-state index contributed by atoms with van der Waals surface area (Å²) in [7, 11) is -3.81. The highest BCUT2D eigenvalue weighted by molar-refractivity contribution is 7.89. The zero-order valence-corrected chi connectivity index (χ0v) is 13.1. The number of pyridine rings is 1. The predicted octanol–water partition coefficient (Wildman–Crippen LogP) is 0.724. The molecule has 1 aromatic heterocycles. The molecule has 2 rings (SSSR count). The molecule has 9 heteroatoms. The Balaban J connectivity index is 2.00. The molecular formula is C12H17ClN4O3S. The van der Waals surface area contributed by atoms with Crippen LogP contribution in [0.15, 0.2) is 17.2 Å². The van der Waals surface area contributed by atoms with E-state index >= 15 is 0 Å². The van der Waals surface area contributed by atoms with E-state index in [0.29, 0.717) is 12.4 Å². The Morgan fingerprint density at radius 2 is 2.19 bits per heavy atom. The average molecular weight is 333 g/mol. The summed E-state index contributed by atoms with van der Waals surface area (Å²) in [4.78, 5) is 15.4. The molecule has 0 unspecified atom stereocenters. The van der Waals surface area contributed by atoms with Crippen LogP contribution in [-0.2, 0) is 14.8 Å². The number of sulfonamides is 1. The molecule has 1 amide bonds. The maximum absolute atomic E-state index is 12.0. The monoisotopic (exact) mass is 332 g/mol. The lowest BCUT2D eigenvalue weighted by Gasteiger charge is -2.09. The third-order valence-corrected chi connectivity index (χ3v) is 4.49. The van der Waals surface area contributed by atoms with E-state index in [4.69, 9.17) is 11.6 Å². The molecule has 0 spiro atoms. The van der Waals surface area contributed by atoms with E-state index in [9.17, 15) is 13.2 Å². The van der Waals surface area contributed by atoms with Crippen molar-refractivity contribution in [2.45, 2.75) is 30.7 Å². The van der Waals surface area contributed by atoms with Gasteiger partial charge in [0.15, 0.2) is 0 Å². The third-order valence-electron chi connectivity index (χ3n) is 2.84. The van der Waals surface area contributed by atoms with Crippen molar-refractivity contribution in [1.29, 1.82) is 0 Å². The molecule has 116 valence electrons. The fourth-order valence-corrected chi connectivity index (χ4v) is 2.87. The van der Waals surface area contributed by atoms with Crippen molar-refractivity contribution in [2.24, 2.45) is 0 Å². The lowest BCUT2D eigenvalue weighted by atomic mass is 10.4. The van der Waals surface area contributed by atoms with Gasteiger partial charge in [0.2, 0.25) is 15.9 Å². The van der Waals surface area contributed by atoms with Crippen molar-refractivity contribution < 1.29 is 13.2 Å². The van der Waals surface area contributed by atoms with E-state index in [1.807, 2.05) is 6.92 Å². The number of aromatic nitrogens is 1. The Labute approximate surface area is 128 Å². The number of nitrogens with zero attached hydrogens (tertiary/aromatic N) is 1. The second-order valence-electron chi connectivity index (χ2n) is 4.70. The molecule has 0 aromatic carbocycles. The first kappa shape index (κ1) is 16.0. The summed E-state index contributed by atoms with van der Waals surface area (Å²) in [5, 5.41) is 5.82. The van der Waals surface area contributed by atoms with Gasteiger partial charge in [0.25, 0.3) is 0 Å². The highest BCUT2D eigenvalue weighted by Gasteiger charge is 2.24. The second-order valence-corrected chi connectivity index (χ2v) is 6.87. The summed E-state index contributed by atoms with van der Waals surface area (Å²) in [5.74, 6) is 0.0778. The number of carbonyl (C=O) groups excluding carboxylic acids is 1. The highest BCUT2D eigenvalue weighted by atomic mass is 35.5. The van der Waals surface area contributed by atoms with Gasteiger partial charge in [0.05, 0.1) is 11.6 Å². The van der Waals surface area contributed by atoms with Crippen molar-refractivity contribution >= 4 is 33.3 Å². The third kappa shape index (κ3) is 4.55. The van der Waals surface area contributed by atoms with Crippen LogP contribution >= 0.6 is 11.6 Å². The molecule has 1 fully saturated rings. The van der Waals surface area contributed by atoms with Gasteiger partial charge in [-0.15, -0.1) is 0 Å². The number of amides is 1. The number of hydrogen-bond donors (Lipinski definition) is 3. The highest BCUT2D eigenvalue weighted by Crippen LogP contribution is 2.22. The second kappa shape index (κ2) is 6.59. The summed E-state index contributed by atoms with van der Waals surface area (Å²) in [6, 6.07) is 1.49. The number of rotatable bonds is 7. The Morgan fingerprint density at radius 1 is 1.48 bits per heavy atom. The molecule has 21 heavy (non-hydrogen) atoms. The molecule has 1 aromatic rings. The zero-order valence-electron chi connectivity index (χ0n) is 11.5. The first-order chi connectivity index (χ1) is 9.92. The molecule has 1 saturated carbocycles. The van der Waals surface area contributed by atoms with Gasteiger partial charge in [-0.3, -0.25) is 4.79 Å². The number of halogens is 1. The van der Waals surface area contributed by atoms with Crippen LogP contribution in [0.3, 0.4) is 0 Å². The zero-order chi connectivity index (χ0) is 15.5. The Hall–Kier alpha value is -1.38. The van der Waals surface area contributed by atoms with Gasteiger partial charge in [0.1, 0.15) is 10.7 Å². The molecule has 1 heterocycles. The van der Waals surface area contributed by atoms with Crippen molar-refractivity contribution in [3.8, 4) is 0 Å². The number of hydrogen-bond acceptors (Lipinski definition) is 5. The van der Waals surface area contributed by atoms with E-state index in [1.165, 1.54) is 12.3 Å². The quantitative estimate of drug-likeness (QED) is 0.683. The first-order valence-corrected chi connectivity index (χ1v) is 8.47. The van der Waals surface area contributed by atoms with Gasteiger partial charge in [-0.05, 0) is 25.8 Å². The molecule has 1 aliphatic carbocycles. The summed E-state index contributed by atoms with van der Waals surface area (Å²) in [6.45, 7) is 2.20. The van der Waals surface area contributed by atoms with E-state index in [2.05, 4.69) is 20.3 Å². The van der Waals surface area contributed by atoms with Gasteiger partial charge in [-0.2, -0.15) is 0 Å². The van der Waals surface area contributed by atoms with E-state index < -0.39 is 10.0 Å². The minimum atomic E-state index is -3.81. The summed E-state index contributed by atoms with van der Waals surface area (Å²) in [6.07, 6.45) is 3.10. The van der Waals surface area contributed by atoms with Crippen LogP contribution in [0.1, 0.15) is 19.8 Å². The van der Waals surface area contributed by atoms with Gasteiger partial charge in [-0.25, -0.2) is 18.1 Å². The summed E-state index contributed by atoms with van der Waals surface area (Å²) in [5.41, 5.74) is 0. The van der Waals surface area contributed by atoms with Crippen molar-refractivity contribution in [3.63, 3.8) is 0 Å². The minimum absolute atomic E-state index is 0.0756. The Morgan fingerprint density at radius 3 is 2.76 bits per heavy atom. The van der Waals surface area contributed by atoms with Crippen LogP contribution in [0, 0.1) is 0 Å². The number of carbonyl (C=O) groups is 1.